The third-order valence-corrected chi connectivity index (χ3v) is 3.48. The molecule has 2 nitrogen and oxygen atoms in total. The average Bonchev–Trinajstić information content (AvgIpc) is 2.40. The maximum absolute atomic E-state index is 9.66. The van der Waals surface area contributed by atoms with Crippen LogP contribution in [0.3, 0.4) is 0 Å². The van der Waals surface area contributed by atoms with Gasteiger partial charge >= 0.3 is 0 Å². The van der Waals surface area contributed by atoms with Crippen molar-refractivity contribution in [3.8, 4) is 5.75 Å². The van der Waals surface area contributed by atoms with Crippen LogP contribution in [-0.2, 0) is 6.42 Å². The second-order valence-corrected chi connectivity index (χ2v) is 4.91. The largest absolute Gasteiger partial charge is 0.493 e. The van der Waals surface area contributed by atoms with Crippen LogP contribution < -0.4 is 4.74 Å². The first kappa shape index (κ1) is 15.0. The molecule has 0 heterocycles. The van der Waals surface area contributed by atoms with Gasteiger partial charge in [0, 0.05) is 0 Å². The summed E-state index contributed by atoms with van der Waals surface area (Å²) in [6.07, 6.45) is 3.56. The lowest BCUT2D eigenvalue weighted by molar-refractivity contribution is 0.170. The molecule has 2 heteroatoms. The molecule has 0 saturated carbocycles. The third kappa shape index (κ3) is 5.09. The number of rotatable bonds is 8. The van der Waals surface area contributed by atoms with Gasteiger partial charge in [-0.2, -0.15) is 0 Å². The van der Waals surface area contributed by atoms with Crippen molar-refractivity contribution in [3.05, 3.63) is 29.8 Å². The van der Waals surface area contributed by atoms with Crippen LogP contribution >= 0.6 is 0 Å². The fourth-order valence-electron chi connectivity index (χ4n) is 1.92. The van der Waals surface area contributed by atoms with Crippen LogP contribution in [0, 0.1) is 5.92 Å². The number of hydrogen-bond donors (Lipinski definition) is 1. The van der Waals surface area contributed by atoms with Crippen molar-refractivity contribution in [3.63, 3.8) is 0 Å². The van der Waals surface area contributed by atoms with Crippen LogP contribution in [0.5, 0.6) is 5.75 Å². The standard InChI is InChI=1S/C16H26O2/c1-4-13(5-2)12-18-16-9-7-8-14(11-16)10-15(17)6-3/h7-9,11,13,15,17H,4-6,10,12H2,1-3H3/t15-/m1/s1. The molecule has 0 spiro atoms. The van der Waals surface area contributed by atoms with E-state index < -0.39 is 0 Å². The minimum absolute atomic E-state index is 0.251. The molecule has 0 unspecified atom stereocenters. The SMILES string of the molecule is CCC(CC)COc1cccc(C[C@H](O)CC)c1. The van der Waals surface area contributed by atoms with Crippen LogP contribution in [0.4, 0.5) is 0 Å². The Bertz CT molecular complexity index is 332. The van der Waals surface area contributed by atoms with E-state index in [0.717, 1.165) is 37.2 Å². The molecule has 1 N–H and O–H groups in total. The topological polar surface area (TPSA) is 29.5 Å². The smallest absolute Gasteiger partial charge is 0.119 e. The molecule has 18 heavy (non-hydrogen) atoms. The molecule has 0 saturated heterocycles. The van der Waals surface area contributed by atoms with E-state index in [1.165, 1.54) is 0 Å². The second kappa shape index (κ2) is 8.15. The zero-order valence-corrected chi connectivity index (χ0v) is 11.9. The van der Waals surface area contributed by atoms with Gasteiger partial charge in [-0.05, 0) is 36.5 Å². The summed E-state index contributed by atoms with van der Waals surface area (Å²) in [6, 6.07) is 8.08. The molecule has 1 aromatic carbocycles. The quantitative estimate of drug-likeness (QED) is 0.760. The molecular formula is C16H26O2. The molecular weight excluding hydrogens is 224 g/mol. The highest BCUT2D eigenvalue weighted by molar-refractivity contribution is 5.28. The van der Waals surface area contributed by atoms with Crippen LogP contribution in [-0.4, -0.2) is 17.8 Å². The summed E-state index contributed by atoms with van der Waals surface area (Å²) in [4.78, 5) is 0. The Morgan fingerprint density at radius 1 is 1.11 bits per heavy atom. The lowest BCUT2D eigenvalue weighted by Crippen LogP contribution is -2.11. The number of aliphatic hydroxyl groups excluding tert-OH is 1. The Hall–Kier alpha value is -1.02. The third-order valence-electron chi connectivity index (χ3n) is 3.48. The lowest BCUT2D eigenvalue weighted by Gasteiger charge is -2.15. The summed E-state index contributed by atoms with van der Waals surface area (Å²) in [5.41, 5.74) is 1.14. The first-order valence-electron chi connectivity index (χ1n) is 7.09. The number of ether oxygens (including phenoxy) is 1. The van der Waals surface area contributed by atoms with Crippen molar-refractivity contribution in [2.24, 2.45) is 5.92 Å². The molecule has 0 fully saturated rings. The van der Waals surface area contributed by atoms with Crippen molar-refractivity contribution < 1.29 is 9.84 Å². The van der Waals surface area contributed by atoms with Gasteiger partial charge in [0.15, 0.2) is 0 Å². The number of benzene rings is 1. The summed E-state index contributed by atoms with van der Waals surface area (Å²) >= 11 is 0. The minimum atomic E-state index is -0.251. The fraction of sp³-hybridized carbons (Fsp3) is 0.625. The second-order valence-electron chi connectivity index (χ2n) is 4.91. The Balaban J connectivity index is 2.53. The molecule has 0 aliphatic carbocycles. The van der Waals surface area contributed by atoms with Crippen molar-refractivity contribution >= 4 is 0 Å². The monoisotopic (exact) mass is 250 g/mol. The predicted molar refractivity (Wildman–Crippen MR) is 76.0 cm³/mol. The molecule has 1 aromatic rings. The highest BCUT2D eigenvalue weighted by Gasteiger charge is 2.06. The molecule has 0 bridgehead atoms. The van der Waals surface area contributed by atoms with E-state index in [9.17, 15) is 5.11 Å². The van der Waals surface area contributed by atoms with Gasteiger partial charge in [0.2, 0.25) is 0 Å². The summed E-state index contributed by atoms with van der Waals surface area (Å²) in [5.74, 6) is 1.55. The van der Waals surface area contributed by atoms with Crippen LogP contribution in [0.25, 0.3) is 0 Å². The molecule has 0 aliphatic rings. The van der Waals surface area contributed by atoms with Crippen molar-refractivity contribution in [1.82, 2.24) is 0 Å². The highest BCUT2D eigenvalue weighted by Crippen LogP contribution is 2.17. The maximum atomic E-state index is 9.66. The summed E-state index contributed by atoms with van der Waals surface area (Å²) < 4.78 is 5.82. The van der Waals surface area contributed by atoms with Crippen LogP contribution in [0.15, 0.2) is 24.3 Å². The number of hydrogen-bond acceptors (Lipinski definition) is 2. The van der Waals surface area contributed by atoms with Crippen LogP contribution in [0.2, 0.25) is 0 Å². The highest BCUT2D eigenvalue weighted by atomic mass is 16.5. The summed E-state index contributed by atoms with van der Waals surface area (Å²) in [6.45, 7) is 7.18. The summed E-state index contributed by atoms with van der Waals surface area (Å²) in [5, 5.41) is 9.66. The average molecular weight is 250 g/mol. The molecule has 0 radical (unpaired) electrons. The van der Waals surface area contributed by atoms with Gasteiger partial charge in [-0.15, -0.1) is 0 Å². The van der Waals surface area contributed by atoms with Gasteiger partial charge < -0.3 is 9.84 Å². The van der Waals surface area contributed by atoms with Gasteiger partial charge in [0.05, 0.1) is 12.7 Å². The van der Waals surface area contributed by atoms with Crippen LogP contribution in [0.1, 0.15) is 45.6 Å². The zero-order valence-electron chi connectivity index (χ0n) is 11.9. The van der Waals surface area contributed by atoms with E-state index in [2.05, 4.69) is 13.8 Å². The van der Waals surface area contributed by atoms with Crippen molar-refractivity contribution in [2.75, 3.05) is 6.61 Å². The Kier molecular flexibility index (Phi) is 6.81. The first-order chi connectivity index (χ1) is 8.69. The van der Waals surface area contributed by atoms with Gasteiger partial charge in [-0.1, -0.05) is 45.7 Å². The van der Waals surface area contributed by atoms with E-state index in [1.54, 1.807) is 0 Å². The lowest BCUT2D eigenvalue weighted by atomic mass is 10.0. The Morgan fingerprint density at radius 3 is 2.44 bits per heavy atom. The van der Waals surface area contributed by atoms with Gasteiger partial charge in [0.1, 0.15) is 5.75 Å². The van der Waals surface area contributed by atoms with Gasteiger partial charge in [0.25, 0.3) is 0 Å². The van der Waals surface area contributed by atoms with E-state index in [4.69, 9.17) is 4.74 Å². The van der Waals surface area contributed by atoms with E-state index in [0.29, 0.717) is 12.3 Å². The minimum Gasteiger partial charge on any atom is -0.493 e. The van der Waals surface area contributed by atoms with E-state index in [-0.39, 0.29) is 6.10 Å². The van der Waals surface area contributed by atoms with Crippen molar-refractivity contribution in [1.29, 1.82) is 0 Å². The normalized spacial score (nSPS) is 12.7. The van der Waals surface area contributed by atoms with Crippen molar-refractivity contribution in [2.45, 2.75) is 52.6 Å². The van der Waals surface area contributed by atoms with Gasteiger partial charge in [-0.25, -0.2) is 0 Å². The molecule has 0 aliphatic heterocycles. The van der Waals surface area contributed by atoms with E-state index >= 15 is 0 Å². The first-order valence-corrected chi connectivity index (χ1v) is 7.09. The Labute approximate surface area is 111 Å². The number of aliphatic hydroxyl groups is 1. The summed E-state index contributed by atoms with van der Waals surface area (Å²) in [7, 11) is 0. The van der Waals surface area contributed by atoms with Gasteiger partial charge in [-0.3, -0.25) is 0 Å². The maximum Gasteiger partial charge on any atom is 0.119 e. The predicted octanol–water partition coefficient (Wildman–Crippen LogP) is 3.82. The molecule has 0 aromatic heterocycles. The molecule has 102 valence electrons. The van der Waals surface area contributed by atoms with E-state index in [1.807, 2.05) is 31.2 Å². The zero-order chi connectivity index (χ0) is 13.4. The molecule has 0 amide bonds. The molecule has 1 atom stereocenters. The fourth-order valence-corrected chi connectivity index (χ4v) is 1.92. The Morgan fingerprint density at radius 2 is 1.83 bits per heavy atom. The molecule has 1 rings (SSSR count).